The minimum absolute atomic E-state index is 0.0361. The molecule has 1 unspecified atom stereocenters. The van der Waals surface area contributed by atoms with Crippen molar-refractivity contribution in [2.45, 2.75) is 19.4 Å². The van der Waals surface area contributed by atoms with E-state index in [0.717, 1.165) is 0 Å². The molecule has 96 valence electrons. The average molecular weight is 248 g/mol. The van der Waals surface area contributed by atoms with E-state index >= 15 is 0 Å². The van der Waals surface area contributed by atoms with Crippen LogP contribution in [0.3, 0.4) is 0 Å². The SMILES string of the molecule is CC(=O)c1cccc(N2CC(C)(CN)OC2=O)c1. The van der Waals surface area contributed by atoms with Gasteiger partial charge in [0.15, 0.2) is 5.78 Å². The summed E-state index contributed by atoms with van der Waals surface area (Å²) in [5, 5.41) is 0. The molecule has 1 aromatic carbocycles. The molecule has 0 radical (unpaired) electrons. The zero-order chi connectivity index (χ0) is 13.3. The molecule has 5 nitrogen and oxygen atoms in total. The number of rotatable bonds is 3. The molecule has 1 saturated heterocycles. The van der Waals surface area contributed by atoms with E-state index < -0.39 is 11.7 Å². The lowest BCUT2D eigenvalue weighted by Gasteiger charge is -2.19. The van der Waals surface area contributed by atoms with Crippen molar-refractivity contribution in [3.05, 3.63) is 29.8 Å². The Hall–Kier alpha value is -1.88. The Bertz CT molecular complexity index is 501. The molecule has 18 heavy (non-hydrogen) atoms. The summed E-state index contributed by atoms with van der Waals surface area (Å²) in [6.07, 6.45) is -0.427. The van der Waals surface area contributed by atoms with Crippen molar-refractivity contribution >= 4 is 17.6 Å². The normalized spacial score (nSPS) is 23.1. The highest BCUT2D eigenvalue weighted by Crippen LogP contribution is 2.27. The first-order valence-electron chi connectivity index (χ1n) is 5.77. The van der Waals surface area contributed by atoms with Crippen molar-refractivity contribution in [2.75, 3.05) is 18.0 Å². The number of Topliss-reactive ketones (excluding diaryl/α,β-unsaturated/α-hetero) is 1. The van der Waals surface area contributed by atoms with Crippen LogP contribution in [0.15, 0.2) is 24.3 Å². The number of hydrogen-bond donors (Lipinski definition) is 1. The van der Waals surface area contributed by atoms with Crippen LogP contribution in [0.1, 0.15) is 24.2 Å². The largest absolute Gasteiger partial charge is 0.440 e. The fraction of sp³-hybridized carbons (Fsp3) is 0.385. The Kier molecular flexibility index (Phi) is 3.09. The van der Waals surface area contributed by atoms with Crippen LogP contribution >= 0.6 is 0 Å². The van der Waals surface area contributed by atoms with Gasteiger partial charge in [-0.05, 0) is 26.0 Å². The molecule has 0 spiro atoms. The molecule has 0 aliphatic carbocycles. The van der Waals surface area contributed by atoms with Crippen LogP contribution in [0.25, 0.3) is 0 Å². The monoisotopic (exact) mass is 248 g/mol. The number of nitrogens with two attached hydrogens (primary N) is 1. The van der Waals surface area contributed by atoms with Gasteiger partial charge in [0.1, 0.15) is 5.60 Å². The van der Waals surface area contributed by atoms with E-state index in [0.29, 0.717) is 17.8 Å². The topological polar surface area (TPSA) is 72.6 Å². The van der Waals surface area contributed by atoms with Gasteiger partial charge in [-0.1, -0.05) is 12.1 Å². The zero-order valence-electron chi connectivity index (χ0n) is 10.5. The van der Waals surface area contributed by atoms with E-state index in [1.54, 1.807) is 31.2 Å². The van der Waals surface area contributed by atoms with E-state index in [9.17, 15) is 9.59 Å². The number of carbonyl (C=O) groups is 2. The van der Waals surface area contributed by atoms with Crippen molar-refractivity contribution in [3.63, 3.8) is 0 Å². The van der Waals surface area contributed by atoms with E-state index in [1.807, 2.05) is 0 Å². The first-order valence-corrected chi connectivity index (χ1v) is 5.77. The van der Waals surface area contributed by atoms with Gasteiger partial charge < -0.3 is 10.5 Å². The molecule has 1 aromatic rings. The minimum Gasteiger partial charge on any atom is -0.440 e. The lowest BCUT2D eigenvalue weighted by molar-refractivity contribution is 0.0789. The molecule has 1 amide bonds. The Morgan fingerprint density at radius 2 is 2.28 bits per heavy atom. The number of amides is 1. The summed E-state index contributed by atoms with van der Waals surface area (Å²) in [5.74, 6) is -0.0361. The van der Waals surface area contributed by atoms with E-state index in [-0.39, 0.29) is 12.3 Å². The minimum atomic E-state index is -0.663. The van der Waals surface area contributed by atoms with Crippen LogP contribution in [0.5, 0.6) is 0 Å². The molecular formula is C13H16N2O3. The second-order valence-corrected chi connectivity index (χ2v) is 4.71. The van der Waals surface area contributed by atoms with Gasteiger partial charge in [-0.2, -0.15) is 0 Å². The standard InChI is InChI=1S/C13H16N2O3/c1-9(16)10-4-3-5-11(6-10)15-8-13(2,7-14)18-12(15)17/h3-6H,7-8,14H2,1-2H3. The maximum atomic E-state index is 11.8. The van der Waals surface area contributed by atoms with Crippen LogP contribution in [0.2, 0.25) is 0 Å². The van der Waals surface area contributed by atoms with Crippen LogP contribution in [-0.4, -0.2) is 30.6 Å². The smallest absolute Gasteiger partial charge is 0.415 e. The van der Waals surface area contributed by atoms with E-state index in [2.05, 4.69) is 0 Å². The van der Waals surface area contributed by atoms with Crippen molar-refractivity contribution in [1.82, 2.24) is 0 Å². The van der Waals surface area contributed by atoms with Crippen LogP contribution in [0, 0.1) is 0 Å². The number of ketones is 1. The van der Waals surface area contributed by atoms with Gasteiger partial charge >= 0.3 is 6.09 Å². The molecule has 5 heteroatoms. The third-order valence-electron chi connectivity index (χ3n) is 3.04. The second kappa shape index (κ2) is 4.42. The molecule has 1 fully saturated rings. The molecule has 2 rings (SSSR count). The molecule has 1 aliphatic heterocycles. The summed E-state index contributed by atoms with van der Waals surface area (Å²) in [7, 11) is 0. The Labute approximate surface area is 106 Å². The summed E-state index contributed by atoms with van der Waals surface area (Å²) in [6, 6.07) is 6.93. The highest BCUT2D eigenvalue weighted by Gasteiger charge is 2.41. The Balaban J connectivity index is 2.30. The van der Waals surface area contributed by atoms with Gasteiger partial charge in [0.2, 0.25) is 0 Å². The first kappa shape index (κ1) is 12.6. The third-order valence-corrected chi connectivity index (χ3v) is 3.04. The highest BCUT2D eigenvalue weighted by atomic mass is 16.6. The van der Waals surface area contributed by atoms with E-state index in [1.165, 1.54) is 11.8 Å². The molecule has 0 aromatic heterocycles. The van der Waals surface area contributed by atoms with Gasteiger partial charge in [-0.15, -0.1) is 0 Å². The summed E-state index contributed by atoms with van der Waals surface area (Å²) < 4.78 is 5.24. The summed E-state index contributed by atoms with van der Waals surface area (Å²) in [6.45, 7) is 3.94. The van der Waals surface area contributed by atoms with Crippen LogP contribution in [0.4, 0.5) is 10.5 Å². The number of nitrogens with zero attached hydrogens (tertiary/aromatic N) is 1. The predicted molar refractivity (Wildman–Crippen MR) is 67.7 cm³/mol. The number of anilines is 1. The lowest BCUT2D eigenvalue weighted by Crippen LogP contribution is -2.38. The molecule has 1 atom stereocenters. The third kappa shape index (κ3) is 2.22. The van der Waals surface area contributed by atoms with Crippen LogP contribution in [-0.2, 0) is 4.74 Å². The highest BCUT2D eigenvalue weighted by molar-refractivity contribution is 5.97. The second-order valence-electron chi connectivity index (χ2n) is 4.71. The van der Waals surface area contributed by atoms with Crippen molar-refractivity contribution in [3.8, 4) is 0 Å². The number of cyclic esters (lactones) is 1. The maximum Gasteiger partial charge on any atom is 0.415 e. The maximum absolute atomic E-state index is 11.8. The van der Waals surface area contributed by atoms with Crippen molar-refractivity contribution < 1.29 is 14.3 Å². The van der Waals surface area contributed by atoms with Gasteiger partial charge in [-0.3, -0.25) is 9.69 Å². The fourth-order valence-electron chi connectivity index (χ4n) is 1.89. The predicted octanol–water partition coefficient (Wildman–Crippen LogP) is 1.56. The molecule has 1 aliphatic rings. The average Bonchev–Trinajstić information content (AvgIpc) is 2.66. The van der Waals surface area contributed by atoms with E-state index in [4.69, 9.17) is 10.5 Å². The Morgan fingerprint density at radius 1 is 1.56 bits per heavy atom. The summed E-state index contributed by atoms with van der Waals surface area (Å²) >= 11 is 0. The number of carbonyl (C=O) groups excluding carboxylic acids is 2. The number of benzene rings is 1. The first-order chi connectivity index (χ1) is 8.45. The van der Waals surface area contributed by atoms with Crippen molar-refractivity contribution in [1.29, 1.82) is 0 Å². The molecule has 0 bridgehead atoms. The number of hydrogen-bond acceptors (Lipinski definition) is 4. The summed E-state index contributed by atoms with van der Waals surface area (Å²) in [4.78, 5) is 24.6. The van der Waals surface area contributed by atoms with Gasteiger partial charge in [-0.25, -0.2) is 4.79 Å². The Morgan fingerprint density at radius 3 is 2.83 bits per heavy atom. The van der Waals surface area contributed by atoms with Gasteiger partial charge in [0.05, 0.1) is 6.54 Å². The molecular weight excluding hydrogens is 232 g/mol. The zero-order valence-corrected chi connectivity index (χ0v) is 10.5. The van der Waals surface area contributed by atoms with Gasteiger partial charge in [0.25, 0.3) is 0 Å². The molecule has 1 heterocycles. The quantitative estimate of drug-likeness (QED) is 0.824. The van der Waals surface area contributed by atoms with Crippen LogP contribution < -0.4 is 10.6 Å². The van der Waals surface area contributed by atoms with Crippen molar-refractivity contribution in [2.24, 2.45) is 5.73 Å². The summed E-state index contributed by atoms with van der Waals surface area (Å²) in [5.41, 5.74) is 6.16. The lowest BCUT2D eigenvalue weighted by atomic mass is 10.1. The number of ether oxygens (including phenoxy) is 1. The molecule has 0 saturated carbocycles. The molecule has 2 N–H and O–H groups in total. The van der Waals surface area contributed by atoms with Gasteiger partial charge in [0, 0.05) is 17.8 Å². The fourth-order valence-corrected chi connectivity index (χ4v) is 1.89.